The van der Waals surface area contributed by atoms with E-state index in [1.54, 1.807) is 0 Å². The third-order valence-corrected chi connectivity index (χ3v) is 4.10. The van der Waals surface area contributed by atoms with Crippen molar-refractivity contribution in [1.29, 1.82) is 0 Å². The van der Waals surface area contributed by atoms with Crippen molar-refractivity contribution in [1.82, 2.24) is 14.7 Å². The molecule has 0 aliphatic heterocycles. The van der Waals surface area contributed by atoms with E-state index in [2.05, 4.69) is 18.9 Å². The average Bonchev–Trinajstić information content (AvgIpc) is 3.23. The minimum atomic E-state index is 0.136. The summed E-state index contributed by atoms with van der Waals surface area (Å²) in [5.41, 5.74) is 3.84. The third-order valence-electron chi connectivity index (χ3n) is 4.10. The predicted octanol–water partition coefficient (Wildman–Crippen LogP) is 3.50. The molecular formula is C18H23N3O. The summed E-state index contributed by atoms with van der Waals surface area (Å²) >= 11 is 0. The lowest BCUT2D eigenvalue weighted by atomic mass is 10.1. The van der Waals surface area contributed by atoms with E-state index >= 15 is 0 Å². The summed E-state index contributed by atoms with van der Waals surface area (Å²) in [6.07, 6.45) is 2.27. The molecule has 22 heavy (non-hydrogen) atoms. The molecule has 4 nitrogen and oxygen atoms in total. The van der Waals surface area contributed by atoms with Crippen LogP contribution < -0.4 is 0 Å². The summed E-state index contributed by atoms with van der Waals surface area (Å²) in [5, 5.41) is 4.48. The largest absolute Gasteiger partial charge is 0.333 e. The van der Waals surface area contributed by atoms with Gasteiger partial charge in [0.1, 0.15) is 0 Å². The average molecular weight is 297 g/mol. The molecule has 116 valence electrons. The first-order valence-electron chi connectivity index (χ1n) is 7.93. The SMILES string of the molecule is Cc1cc(C)n(-c2ccc(C(=O)N(C(C)C)C3CC3)cc2)n1. The molecule has 1 aromatic carbocycles. The molecule has 0 unspecified atom stereocenters. The van der Waals surface area contributed by atoms with E-state index in [1.807, 2.05) is 53.8 Å². The fourth-order valence-electron chi connectivity index (χ4n) is 2.96. The lowest BCUT2D eigenvalue weighted by Crippen LogP contribution is -2.38. The van der Waals surface area contributed by atoms with Crippen LogP contribution in [0.4, 0.5) is 0 Å². The Bertz CT molecular complexity index is 679. The molecule has 0 atom stereocenters. The van der Waals surface area contributed by atoms with Crippen LogP contribution in [-0.2, 0) is 0 Å². The Kier molecular flexibility index (Phi) is 3.77. The van der Waals surface area contributed by atoms with Crippen LogP contribution in [0.3, 0.4) is 0 Å². The Morgan fingerprint density at radius 2 is 1.86 bits per heavy atom. The van der Waals surface area contributed by atoms with Crippen molar-refractivity contribution >= 4 is 5.91 Å². The van der Waals surface area contributed by atoms with Crippen molar-refractivity contribution in [2.45, 2.75) is 52.6 Å². The number of carbonyl (C=O) groups is 1. The highest BCUT2D eigenvalue weighted by molar-refractivity contribution is 5.95. The second-order valence-corrected chi connectivity index (χ2v) is 6.42. The van der Waals surface area contributed by atoms with Gasteiger partial charge in [-0.15, -0.1) is 0 Å². The van der Waals surface area contributed by atoms with Gasteiger partial charge in [0, 0.05) is 23.3 Å². The first-order chi connectivity index (χ1) is 10.5. The van der Waals surface area contributed by atoms with Gasteiger partial charge in [0.05, 0.1) is 11.4 Å². The van der Waals surface area contributed by atoms with Crippen LogP contribution in [0.2, 0.25) is 0 Å². The fraction of sp³-hybridized carbons (Fsp3) is 0.444. The van der Waals surface area contributed by atoms with Gasteiger partial charge in [-0.3, -0.25) is 4.79 Å². The van der Waals surface area contributed by atoms with Crippen LogP contribution in [0, 0.1) is 13.8 Å². The smallest absolute Gasteiger partial charge is 0.254 e. The Balaban J connectivity index is 1.84. The molecule has 4 heteroatoms. The lowest BCUT2D eigenvalue weighted by Gasteiger charge is -2.26. The number of hydrogen-bond donors (Lipinski definition) is 0. The van der Waals surface area contributed by atoms with E-state index < -0.39 is 0 Å². The van der Waals surface area contributed by atoms with Gasteiger partial charge < -0.3 is 4.90 Å². The number of nitrogens with zero attached hydrogens (tertiary/aromatic N) is 3. The maximum Gasteiger partial charge on any atom is 0.254 e. The molecule has 1 amide bonds. The van der Waals surface area contributed by atoms with E-state index in [1.165, 1.54) is 0 Å². The molecule has 3 rings (SSSR count). The zero-order valence-electron chi connectivity index (χ0n) is 13.7. The highest BCUT2D eigenvalue weighted by Crippen LogP contribution is 2.30. The van der Waals surface area contributed by atoms with Gasteiger partial charge in [0.15, 0.2) is 0 Å². The molecule has 0 radical (unpaired) electrons. The molecule has 0 saturated heterocycles. The normalized spacial score (nSPS) is 14.4. The molecule has 1 aliphatic rings. The minimum Gasteiger partial charge on any atom is -0.333 e. The summed E-state index contributed by atoms with van der Waals surface area (Å²) in [7, 11) is 0. The molecule has 1 saturated carbocycles. The number of carbonyl (C=O) groups excluding carboxylic acids is 1. The number of rotatable bonds is 4. The number of benzene rings is 1. The molecule has 1 aliphatic carbocycles. The van der Waals surface area contributed by atoms with Crippen molar-refractivity contribution in [3.8, 4) is 5.69 Å². The number of hydrogen-bond acceptors (Lipinski definition) is 2. The van der Waals surface area contributed by atoms with Crippen LogP contribution >= 0.6 is 0 Å². The highest BCUT2D eigenvalue weighted by atomic mass is 16.2. The molecule has 1 fully saturated rings. The predicted molar refractivity (Wildman–Crippen MR) is 87.4 cm³/mol. The van der Waals surface area contributed by atoms with Gasteiger partial charge in [-0.25, -0.2) is 4.68 Å². The van der Waals surface area contributed by atoms with Crippen molar-refractivity contribution < 1.29 is 4.79 Å². The zero-order chi connectivity index (χ0) is 15.9. The van der Waals surface area contributed by atoms with Gasteiger partial charge in [0.25, 0.3) is 5.91 Å². The zero-order valence-corrected chi connectivity index (χ0v) is 13.7. The van der Waals surface area contributed by atoms with Crippen molar-refractivity contribution in [3.63, 3.8) is 0 Å². The minimum absolute atomic E-state index is 0.136. The maximum atomic E-state index is 12.7. The molecular weight excluding hydrogens is 274 g/mol. The molecule has 0 N–H and O–H groups in total. The Morgan fingerprint density at radius 1 is 1.23 bits per heavy atom. The molecule has 1 heterocycles. The molecule has 1 aromatic heterocycles. The van der Waals surface area contributed by atoms with Crippen LogP contribution in [0.15, 0.2) is 30.3 Å². The van der Waals surface area contributed by atoms with Gasteiger partial charge >= 0.3 is 0 Å². The third kappa shape index (κ3) is 2.78. The number of amides is 1. The number of aryl methyl sites for hydroxylation is 2. The van der Waals surface area contributed by atoms with Crippen LogP contribution in [0.25, 0.3) is 5.69 Å². The monoisotopic (exact) mass is 297 g/mol. The van der Waals surface area contributed by atoms with Crippen molar-refractivity contribution in [2.75, 3.05) is 0 Å². The summed E-state index contributed by atoms with van der Waals surface area (Å²) < 4.78 is 1.91. The van der Waals surface area contributed by atoms with Gasteiger partial charge in [0.2, 0.25) is 0 Å². The first-order valence-corrected chi connectivity index (χ1v) is 7.93. The van der Waals surface area contributed by atoms with Gasteiger partial charge in [-0.2, -0.15) is 5.10 Å². The maximum absolute atomic E-state index is 12.7. The van der Waals surface area contributed by atoms with E-state index in [4.69, 9.17) is 0 Å². The van der Waals surface area contributed by atoms with E-state index in [0.717, 1.165) is 35.5 Å². The highest BCUT2D eigenvalue weighted by Gasteiger charge is 2.34. The van der Waals surface area contributed by atoms with Crippen LogP contribution in [0.5, 0.6) is 0 Å². The van der Waals surface area contributed by atoms with Crippen LogP contribution in [-0.4, -0.2) is 32.7 Å². The van der Waals surface area contributed by atoms with Crippen LogP contribution in [0.1, 0.15) is 48.4 Å². The molecule has 0 bridgehead atoms. The fourth-order valence-corrected chi connectivity index (χ4v) is 2.96. The number of aromatic nitrogens is 2. The quantitative estimate of drug-likeness (QED) is 0.866. The van der Waals surface area contributed by atoms with Gasteiger partial charge in [-0.05, 0) is 70.9 Å². The summed E-state index contributed by atoms with van der Waals surface area (Å²) in [4.78, 5) is 14.7. The Morgan fingerprint density at radius 3 is 2.32 bits per heavy atom. The summed E-state index contributed by atoms with van der Waals surface area (Å²) in [5.74, 6) is 0.136. The molecule has 0 spiro atoms. The topological polar surface area (TPSA) is 38.1 Å². The molecule has 2 aromatic rings. The summed E-state index contributed by atoms with van der Waals surface area (Å²) in [6.45, 7) is 8.19. The standard InChI is InChI=1S/C18H23N3O/c1-12(2)20(16-9-10-16)18(22)15-5-7-17(8-6-15)21-14(4)11-13(3)19-21/h5-8,11-12,16H,9-10H2,1-4H3. The Labute approximate surface area is 131 Å². The van der Waals surface area contributed by atoms with Crippen molar-refractivity contribution in [3.05, 3.63) is 47.3 Å². The second kappa shape index (κ2) is 5.59. The van der Waals surface area contributed by atoms with Crippen molar-refractivity contribution in [2.24, 2.45) is 0 Å². The first kappa shape index (κ1) is 14.8. The Hall–Kier alpha value is -2.10. The summed E-state index contributed by atoms with van der Waals surface area (Å²) in [6, 6.07) is 10.5. The van der Waals surface area contributed by atoms with E-state index in [9.17, 15) is 4.79 Å². The van der Waals surface area contributed by atoms with E-state index in [0.29, 0.717) is 6.04 Å². The van der Waals surface area contributed by atoms with E-state index in [-0.39, 0.29) is 11.9 Å². The second-order valence-electron chi connectivity index (χ2n) is 6.42. The lowest BCUT2D eigenvalue weighted by molar-refractivity contribution is 0.0690. The van der Waals surface area contributed by atoms with Gasteiger partial charge in [-0.1, -0.05) is 0 Å².